The van der Waals surface area contributed by atoms with Crippen LogP contribution in [0.15, 0.2) is 36.4 Å². The third-order valence-electron chi connectivity index (χ3n) is 6.01. The molecule has 1 heterocycles. The Kier molecular flexibility index (Phi) is 6.93. The summed E-state index contributed by atoms with van der Waals surface area (Å²) >= 11 is 0. The minimum absolute atomic E-state index is 0.0219. The Bertz CT molecular complexity index is 915. The molecule has 3 rings (SSSR count). The number of carbonyl (C=O) groups is 2. The van der Waals surface area contributed by atoms with Crippen molar-refractivity contribution in [1.29, 1.82) is 0 Å². The van der Waals surface area contributed by atoms with E-state index in [1.54, 1.807) is 4.90 Å². The zero-order valence-electron chi connectivity index (χ0n) is 18.5. The van der Waals surface area contributed by atoms with Gasteiger partial charge in [-0.05, 0) is 55.9 Å². The van der Waals surface area contributed by atoms with Crippen LogP contribution in [0, 0.1) is 26.7 Å². The van der Waals surface area contributed by atoms with E-state index in [4.69, 9.17) is 5.73 Å². The van der Waals surface area contributed by atoms with Crippen molar-refractivity contribution in [3.05, 3.63) is 64.2 Å². The van der Waals surface area contributed by atoms with Gasteiger partial charge in [-0.1, -0.05) is 55.3 Å². The largest absolute Gasteiger partial charge is 0.330 e. The van der Waals surface area contributed by atoms with Crippen molar-refractivity contribution in [1.82, 2.24) is 4.90 Å². The van der Waals surface area contributed by atoms with Crippen molar-refractivity contribution in [3.63, 3.8) is 0 Å². The molecule has 5 heteroatoms. The predicted molar refractivity (Wildman–Crippen MR) is 121 cm³/mol. The Morgan fingerprint density at radius 2 is 1.83 bits per heavy atom. The predicted octanol–water partition coefficient (Wildman–Crippen LogP) is 4.05. The van der Waals surface area contributed by atoms with Gasteiger partial charge in [0, 0.05) is 18.8 Å². The lowest BCUT2D eigenvalue weighted by Gasteiger charge is -2.38. The average Bonchev–Trinajstić information content (AvgIpc) is 2.73. The normalized spacial score (nSPS) is 16.7. The van der Waals surface area contributed by atoms with Crippen LogP contribution in [0.1, 0.15) is 53.6 Å². The molecule has 1 aliphatic rings. The van der Waals surface area contributed by atoms with Crippen molar-refractivity contribution in [2.75, 3.05) is 18.4 Å². The molecule has 1 aliphatic heterocycles. The van der Waals surface area contributed by atoms with Gasteiger partial charge in [0.25, 0.3) is 5.91 Å². The van der Waals surface area contributed by atoms with Crippen LogP contribution < -0.4 is 11.1 Å². The highest BCUT2D eigenvalue weighted by Gasteiger charge is 2.38. The summed E-state index contributed by atoms with van der Waals surface area (Å²) in [7, 11) is 0. The maximum absolute atomic E-state index is 13.6. The zero-order chi connectivity index (χ0) is 21.8. The van der Waals surface area contributed by atoms with Gasteiger partial charge in [0.15, 0.2) is 0 Å². The molecule has 2 atom stereocenters. The van der Waals surface area contributed by atoms with Gasteiger partial charge >= 0.3 is 0 Å². The summed E-state index contributed by atoms with van der Waals surface area (Å²) in [6, 6.07) is 11.4. The van der Waals surface area contributed by atoms with Crippen molar-refractivity contribution in [2.24, 2.45) is 11.7 Å². The van der Waals surface area contributed by atoms with Crippen LogP contribution in [0.5, 0.6) is 0 Å². The van der Waals surface area contributed by atoms with E-state index < -0.39 is 6.04 Å². The molecular weight excluding hydrogens is 374 g/mol. The zero-order valence-corrected chi connectivity index (χ0v) is 18.5. The summed E-state index contributed by atoms with van der Waals surface area (Å²) in [5.74, 6) is -0.442. The molecule has 0 spiro atoms. The Morgan fingerprint density at radius 3 is 2.47 bits per heavy atom. The molecule has 0 saturated carbocycles. The second-order valence-corrected chi connectivity index (χ2v) is 8.37. The van der Waals surface area contributed by atoms with E-state index in [1.807, 2.05) is 45.0 Å². The van der Waals surface area contributed by atoms with E-state index in [9.17, 15) is 9.59 Å². The van der Waals surface area contributed by atoms with Crippen molar-refractivity contribution >= 4 is 17.5 Å². The number of nitrogens with two attached hydrogens (primary N) is 1. The summed E-state index contributed by atoms with van der Waals surface area (Å²) in [4.78, 5) is 28.6. The quantitative estimate of drug-likeness (QED) is 0.758. The van der Waals surface area contributed by atoms with E-state index in [-0.39, 0.29) is 17.7 Å². The number of carbonyl (C=O) groups excluding carboxylic acids is 2. The van der Waals surface area contributed by atoms with Crippen molar-refractivity contribution in [2.45, 2.75) is 53.0 Å². The second-order valence-electron chi connectivity index (χ2n) is 8.37. The Hall–Kier alpha value is -2.66. The summed E-state index contributed by atoms with van der Waals surface area (Å²) in [5.41, 5.74) is 12.0. The molecule has 0 bridgehead atoms. The SMILES string of the molecule is CCC[C@@H](CN)C(=O)N1CCc2ccccc2C1C(=O)Nc1c(C)cc(C)cc1C. The van der Waals surface area contributed by atoms with E-state index >= 15 is 0 Å². The number of fused-ring (bicyclic) bond motifs is 1. The monoisotopic (exact) mass is 407 g/mol. The Labute approximate surface area is 179 Å². The first-order valence-corrected chi connectivity index (χ1v) is 10.8. The first-order valence-electron chi connectivity index (χ1n) is 10.8. The molecule has 3 N–H and O–H groups in total. The first kappa shape index (κ1) is 22.0. The lowest BCUT2D eigenvalue weighted by molar-refractivity contribution is -0.143. The highest BCUT2D eigenvalue weighted by Crippen LogP contribution is 2.33. The maximum Gasteiger partial charge on any atom is 0.251 e. The summed E-state index contributed by atoms with van der Waals surface area (Å²) in [6.45, 7) is 8.92. The standard InChI is InChI=1S/C25H33N3O2/c1-5-8-20(15-26)25(30)28-12-11-19-9-6-7-10-21(19)23(28)24(29)27-22-17(3)13-16(2)14-18(22)4/h6-7,9-10,13-14,20,23H,5,8,11-12,15,26H2,1-4H3,(H,27,29)/t20-,23?/m0/s1. The van der Waals surface area contributed by atoms with Crippen LogP contribution in [0.3, 0.4) is 0 Å². The van der Waals surface area contributed by atoms with Gasteiger partial charge in [0.05, 0.1) is 5.92 Å². The number of rotatable bonds is 6. The molecule has 30 heavy (non-hydrogen) atoms. The van der Waals surface area contributed by atoms with Crippen LogP contribution in [0.2, 0.25) is 0 Å². The van der Waals surface area contributed by atoms with Gasteiger partial charge in [0.2, 0.25) is 5.91 Å². The number of nitrogens with zero attached hydrogens (tertiary/aromatic N) is 1. The van der Waals surface area contributed by atoms with Crippen LogP contribution in [-0.4, -0.2) is 29.8 Å². The smallest absolute Gasteiger partial charge is 0.251 e. The molecule has 2 aromatic rings. The van der Waals surface area contributed by atoms with Gasteiger partial charge in [-0.2, -0.15) is 0 Å². The number of aryl methyl sites for hydroxylation is 3. The number of hydrogen-bond acceptors (Lipinski definition) is 3. The molecule has 0 saturated heterocycles. The first-order chi connectivity index (χ1) is 14.4. The van der Waals surface area contributed by atoms with Crippen molar-refractivity contribution < 1.29 is 9.59 Å². The minimum Gasteiger partial charge on any atom is -0.330 e. The fourth-order valence-electron chi connectivity index (χ4n) is 4.58. The second kappa shape index (κ2) is 9.43. The molecule has 0 fully saturated rings. The number of hydrogen-bond donors (Lipinski definition) is 2. The molecule has 0 aromatic heterocycles. The Morgan fingerprint density at radius 1 is 1.17 bits per heavy atom. The molecule has 5 nitrogen and oxygen atoms in total. The van der Waals surface area contributed by atoms with Crippen LogP contribution in [0.4, 0.5) is 5.69 Å². The minimum atomic E-state index is -0.645. The van der Waals surface area contributed by atoms with Gasteiger partial charge in [-0.25, -0.2) is 0 Å². The summed E-state index contributed by atoms with van der Waals surface area (Å²) in [6.07, 6.45) is 2.37. The third kappa shape index (κ3) is 4.41. The topological polar surface area (TPSA) is 75.4 Å². The van der Waals surface area contributed by atoms with E-state index in [2.05, 4.69) is 24.4 Å². The molecule has 2 amide bonds. The fourth-order valence-corrected chi connectivity index (χ4v) is 4.58. The molecule has 2 aromatic carbocycles. The van der Waals surface area contributed by atoms with Crippen LogP contribution in [0.25, 0.3) is 0 Å². The van der Waals surface area contributed by atoms with Crippen LogP contribution >= 0.6 is 0 Å². The average molecular weight is 408 g/mol. The number of benzene rings is 2. The van der Waals surface area contributed by atoms with Crippen LogP contribution in [-0.2, 0) is 16.0 Å². The summed E-state index contributed by atoms with van der Waals surface area (Å²) < 4.78 is 0. The number of anilines is 1. The molecular formula is C25H33N3O2. The van der Waals surface area contributed by atoms with Gasteiger partial charge in [-0.3, -0.25) is 9.59 Å². The highest BCUT2D eigenvalue weighted by molar-refractivity contribution is 5.99. The maximum atomic E-state index is 13.6. The van der Waals surface area contributed by atoms with Gasteiger partial charge in [0.1, 0.15) is 6.04 Å². The highest BCUT2D eigenvalue weighted by atomic mass is 16.2. The summed E-state index contributed by atoms with van der Waals surface area (Å²) in [5, 5.41) is 3.13. The molecule has 0 radical (unpaired) electrons. The van der Waals surface area contributed by atoms with Crippen molar-refractivity contribution in [3.8, 4) is 0 Å². The van der Waals surface area contributed by atoms with E-state index in [1.165, 1.54) is 0 Å². The lowest BCUT2D eigenvalue weighted by Crippen LogP contribution is -2.48. The van der Waals surface area contributed by atoms with Gasteiger partial charge < -0.3 is 16.0 Å². The third-order valence-corrected chi connectivity index (χ3v) is 6.01. The number of amides is 2. The molecule has 160 valence electrons. The van der Waals surface area contributed by atoms with E-state index in [0.29, 0.717) is 13.1 Å². The van der Waals surface area contributed by atoms with Gasteiger partial charge in [-0.15, -0.1) is 0 Å². The molecule has 0 aliphatic carbocycles. The lowest BCUT2D eigenvalue weighted by atomic mass is 9.90. The Balaban J connectivity index is 1.98. The molecule has 1 unspecified atom stereocenters. The number of nitrogens with one attached hydrogen (secondary N) is 1. The fraction of sp³-hybridized carbons (Fsp3) is 0.440. The van der Waals surface area contributed by atoms with E-state index in [0.717, 1.165) is 52.8 Å².